The molecule has 8 nitrogen and oxygen atoms in total. The number of nitro groups is 1. The summed E-state index contributed by atoms with van der Waals surface area (Å²) in [5.74, 6) is -0.473. The Labute approximate surface area is 189 Å². The SMILES string of the molecule is CCCCc1ccc(-n2nc3ccc(NC(=O)c4ccc([N+](=O)[O-])cc4Cl)cc3n2)cc1. The van der Waals surface area contributed by atoms with Gasteiger partial charge in [0.2, 0.25) is 0 Å². The van der Waals surface area contributed by atoms with Crippen LogP contribution in [-0.2, 0) is 6.42 Å². The number of hydrogen-bond acceptors (Lipinski definition) is 5. The standard InChI is InChI=1S/C23H20ClN5O3/c1-2-3-4-15-5-8-17(9-6-15)28-26-21-12-7-16(13-22(21)27-28)25-23(30)19-11-10-18(29(31)32)14-20(19)24/h5-14H,2-4H2,1H3,(H,25,30). The Hall–Kier alpha value is -3.78. The van der Waals surface area contributed by atoms with E-state index in [4.69, 9.17) is 11.6 Å². The van der Waals surface area contributed by atoms with Crippen LogP contribution in [0.15, 0.2) is 60.7 Å². The van der Waals surface area contributed by atoms with E-state index in [-0.39, 0.29) is 16.3 Å². The van der Waals surface area contributed by atoms with Crippen LogP contribution >= 0.6 is 11.6 Å². The lowest BCUT2D eigenvalue weighted by Gasteiger charge is -2.06. The van der Waals surface area contributed by atoms with Gasteiger partial charge in [0.15, 0.2) is 0 Å². The van der Waals surface area contributed by atoms with Crippen LogP contribution in [0.4, 0.5) is 11.4 Å². The summed E-state index contributed by atoms with van der Waals surface area (Å²) in [6, 6.07) is 17.1. The first-order chi connectivity index (χ1) is 15.4. The van der Waals surface area contributed by atoms with Crippen LogP contribution in [-0.4, -0.2) is 25.8 Å². The Balaban J connectivity index is 1.53. The van der Waals surface area contributed by atoms with Crippen LogP contribution in [0.1, 0.15) is 35.7 Å². The van der Waals surface area contributed by atoms with Crippen molar-refractivity contribution in [3.63, 3.8) is 0 Å². The van der Waals surface area contributed by atoms with Crippen molar-refractivity contribution in [3.05, 3.63) is 86.9 Å². The maximum atomic E-state index is 12.6. The van der Waals surface area contributed by atoms with Crippen LogP contribution in [0.5, 0.6) is 0 Å². The Morgan fingerprint density at radius 3 is 2.50 bits per heavy atom. The first-order valence-electron chi connectivity index (χ1n) is 10.2. The number of aryl methyl sites for hydroxylation is 1. The number of carbonyl (C=O) groups is 1. The van der Waals surface area contributed by atoms with Crippen LogP contribution < -0.4 is 5.32 Å². The molecule has 0 saturated carbocycles. The number of non-ortho nitro benzene ring substituents is 1. The number of halogens is 1. The van der Waals surface area contributed by atoms with Gasteiger partial charge in [0.25, 0.3) is 11.6 Å². The fourth-order valence-electron chi connectivity index (χ4n) is 3.28. The Bertz CT molecular complexity index is 1300. The van der Waals surface area contributed by atoms with Gasteiger partial charge in [-0.25, -0.2) is 0 Å². The van der Waals surface area contributed by atoms with E-state index >= 15 is 0 Å². The van der Waals surface area contributed by atoms with Gasteiger partial charge in [-0.05, 0) is 54.8 Å². The quantitative estimate of drug-likeness (QED) is 0.293. The maximum Gasteiger partial charge on any atom is 0.270 e. The molecule has 0 aliphatic rings. The van der Waals surface area contributed by atoms with Crippen molar-refractivity contribution < 1.29 is 9.72 Å². The lowest BCUT2D eigenvalue weighted by Crippen LogP contribution is -2.12. The molecule has 9 heteroatoms. The summed E-state index contributed by atoms with van der Waals surface area (Å²) in [6.07, 6.45) is 3.36. The number of rotatable bonds is 7. The molecule has 0 fully saturated rings. The van der Waals surface area contributed by atoms with Crippen molar-refractivity contribution in [2.45, 2.75) is 26.2 Å². The van der Waals surface area contributed by atoms with Crippen LogP contribution in [0.2, 0.25) is 5.02 Å². The van der Waals surface area contributed by atoms with Gasteiger partial charge in [-0.3, -0.25) is 14.9 Å². The predicted molar refractivity (Wildman–Crippen MR) is 124 cm³/mol. The number of amides is 1. The average molecular weight is 450 g/mol. The minimum Gasteiger partial charge on any atom is -0.322 e. The highest BCUT2D eigenvalue weighted by Crippen LogP contribution is 2.24. The summed E-state index contributed by atoms with van der Waals surface area (Å²) in [4.78, 5) is 24.4. The van der Waals surface area contributed by atoms with E-state index in [9.17, 15) is 14.9 Å². The number of hydrogen-bond donors (Lipinski definition) is 1. The molecule has 1 amide bonds. The molecule has 0 radical (unpaired) electrons. The minimum atomic E-state index is -0.566. The Morgan fingerprint density at radius 1 is 1.06 bits per heavy atom. The summed E-state index contributed by atoms with van der Waals surface area (Å²) >= 11 is 6.05. The van der Waals surface area contributed by atoms with Gasteiger partial charge in [-0.15, -0.1) is 10.2 Å². The molecule has 162 valence electrons. The lowest BCUT2D eigenvalue weighted by molar-refractivity contribution is -0.384. The first-order valence-corrected chi connectivity index (χ1v) is 10.5. The molecule has 0 saturated heterocycles. The monoisotopic (exact) mass is 449 g/mol. The fourth-order valence-corrected chi connectivity index (χ4v) is 3.55. The third-order valence-corrected chi connectivity index (χ3v) is 5.35. The van der Waals surface area contributed by atoms with E-state index in [2.05, 4.69) is 34.6 Å². The smallest absolute Gasteiger partial charge is 0.270 e. The minimum absolute atomic E-state index is 0.00565. The second-order valence-electron chi connectivity index (χ2n) is 7.34. The van der Waals surface area contributed by atoms with E-state index in [1.807, 2.05) is 12.1 Å². The number of nitrogens with one attached hydrogen (secondary N) is 1. The summed E-state index contributed by atoms with van der Waals surface area (Å²) in [6.45, 7) is 2.17. The van der Waals surface area contributed by atoms with Gasteiger partial charge in [0.1, 0.15) is 11.0 Å². The molecule has 1 aromatic heterocycles. The van der Waals surface area contributed by atoms with Crippen molar-refractivity contribution in [1.82, 2.24) is 15.0 Å². The number of carbonyl (C=O) groups excluding carboxylic acids is 1. The number of aromatic nitrogens is 3. The molecular weight excluding hydrogens is 430 g/mol. The molecule has 1 heterocycles. The van der Waals surface area contributed by atoms with E-state index in [0.29, 0.717) is 16.7 Å². The molecule has 32 heavy (non-hydrogen) atoms. The van der Waals surface area contributed by atoms with Gasteiger partial charge in [-0.1, -0.05) is 37.1 Å². The van der Waals surface area contributed by atoms with Gasteiger partial charge in [-0.2, -0.15) is 4.80 Å². The fraction of sp³-hybridized carbons (Fsp3) is 0.174. The largest absolute Gasteiger partial charge is 0.322 e. The summed E-state index contributed by atoms with van der Waals surface area (Å²) in [7, 11) is 0. The highest BCUT2D eigenvalue weighted by Gasteiger charge is 2.16. The zero-order chi connectivity index (χ0) is 22.7. The van der Waals surface area contributed by atoms with Crippen molar-refractivity contribution in [2.24, 2.45) is 0 Å². The molecule has 0 spiro atoms. The van der Waals surface area contributed by atoms with Gasteiger partial charge in [0, 0.05) is 17.8 Å². The summed E-state index contributed by atoms with van der Waals surface area (Å²) < 4.78 is 0. The Morgan fingerprint density at radius 2 is 1.81 bits per heavy atom. The second kappa shape index (κ2) is 9.15. The van der Waals surface area contributed by atoms with Gasteiger partial charge >= 0.3 is 0 Å². The van der Waals surface area contributed by atoms with Gasteiger partial charge < -0.3 is 5.32 Å². The summed E-state index contributed by atoms with van der Waals surface area (Å²) in [5.41, 5.74) is 3.91. The Kier molecular flexibility index (Phi) is 6.13. The van der Waals surface area contributed by atoms with Crippen LogP contribution in [0.25, 0.3) is 16.7 Å². The first kappa shape index (κ1) is 21.5. The number of fused-ring (bicyclic) bond motifs is 1. The topological polar surface area (TPSA) is 103 Å². The lowest BCUT2D eigenvalue weighted by atomic mass is 10.1. The zero-order valence-corrected chi connectivity index (χ0v) is 18.0. The van der Waals surface area contributed by atoms with E-state index in [0.717, 1.165) is 31.0 Å². The predicted octanol–water partition coefficient (Wildman–Crippen LogP) is 5.58. The van der Waals surface area contributed by atoms with Crippen molar-refractivity contribution >= 4 is 39.9 Å². The molecule has 0 aliphatic heterocycles. The third-order valence-electron chi connectivity index (χ3n) is 5.03. The van der Waals surface area contributed by atoms with Crippen LogP contribution in [0.3, 0.4) is 0 Å². The van der Waals surface area contributed by atoms with E-state index < -0.39 is 10.8 Å². The third kappa shape index (κ3) is 4.60. The highest BCUT2D eigenvalue weighted by molar-refractivity contribution is 6.34. The molecule has 3 aromatic carbocycles. The molecule has 1 N–H and O–H groups in total. The number of nitrogens with zero attached hydrogens (tertiary/aromatic N) is 4. The molecule has 0 atom stereocenters. The summed E-state index contributed by atoms with van der Waals surface area (Å²) in [5, 5.41) is 22.6. The zero-order valence-electron chi connectivity index (χ0n) is 17.3. The second-order valence-corrected chi connectivity index (χ2v) is 7.75. The van der Waals surface area contributed by atoms with E-state index in [1.165, 1.54) is 17.7 Å². The number of nitro benzene ring substituents is 1. The number of unbranched alkanes of at least 4 members (excludes halogenated alkanes) is 1. The molecule has 0 aliphatic carbocycles. The van der Waals surface area contributed by atoms with Gasteiger partial charge in [0.05, 0.1) is 21.2 Å². The number of anilines is 1. The van der Waals surface area contributed by atoms with Crippen molar-refractivity contribution in [2.75, 3.05) is 5.32 Å². The highest BCUT2D eigenvalue weighted by atomic mass is 35.5. The van der Waals surface area contributed by atoms with Crippen molar-refractivity contribution in [3.8, 4) is 5.69 Å². The average Bonchev–Trinajstić information content (AvgIpc) is 3.21. The normalized spacial score (nSPS) is 10.9. The molecule has 0 unspecified atom stereocenters. The van der Waals surface area contributed by atoms with E-state index in [1.54, 1.807) is 23.0 Å². The van der Waals surface area contributed by atoms with Crippen molar-refractivity contribution in [1.29, 1.82) is 0 Å². The molecule has 0 bridgehead atoms. The number of benzene rings is 3. The molecule has 4 aromatic rings. The molecular formula is C23H20ClN5O3. The van der Waals surface area contributed by atoms with Crippen LogP contribution in [0, 0.1) is 10.1 Å². The maximum absolute atomic E-state index is 12.6. The molecule has 4 rings (SSSR count).